The first kappa shape index (κ1) is 16.3. The first-order chi connectivity index (χ1) is 12.6. The Kier molecular flexibility index (Phi) is 3.94. The zero-order chi connectivity index (χ0) is 18.3. The van der Waals surface area contributed by atoms with E-state index in [1.165, 1.54) is 10.6 Å². The molecule has 0 bridgehead atoms. The van der Waals surface area contributed by atoms with Gasteiger partial charge in [-0.1, -0.05) is 6.07 Å². The van der Waals surface area contributed by atoms with Crippen LogP contribution in [-0.4, -0.2) is 57.5 Å². The average molecular weight is 358 g/mol. The highest BCUT2D eigenvalue weighted by Gasteiger charge is 2.35. The van der Waals surface area contributed by atoms with E-state index in [1.54, 1.807) is 28.0 Å². The zero-order valence-corrected chi connectivity index (χ0v) is 14.0. The molecule has 0 saturated carbocycles. The number of anilines is 1. The van der Waals surface area contributed by atoms with Crippen LogP contribution < -0.4 is 15.8 Å². The highest BCUT2D eigenvalue weighted by molar-refractivity contribution is 5.76. The summed E-state index contributed by atoms with van der Waals surface area (Å²) in [5.74, 6) is 0.0792. The zero-order valence-electron chi connectivity index (χ0n) is 14.0. The summed E-state index contributed by atoms with van der Waals surface area (Å²) >= 11 is 0. The molecule has 136 valence electrons. The summed E-state index contributed by atoms with van der Waals surface area (Å²) in [5, 5.41) is 14.3. The van der Waals surface area contributed by atoms with Crippen LogP contribution in [0.1, 0.15) is 12.8 Å². The molecule has 10 heteroatoms. The van der Waals surface area contributed by atoms with Crippen LogP contribution in [0.2, 0.25) is 0 Å². The van der Waals surface area contributed by atoms with Crippen molar-refractivity contribution in [1.82, 2.24) is 19.6 Å². The largest absolute Gasteiger partial charge is 0.376 e. The molecule has 1 atom stereocenters. The van der Waals surface area contributed by atoms with Crippen LogP contribution in [0.3, 0.4) is 0 Å². The van der Waals surface area contributed by atoms with Gasteiger partial charge in [-0.3, -0.25) is 19.3 Å². The molecule has 0 aromatic carbocycles. The van der Waals surface area contributed by atoms with E-state index in [-0.39, 0.29) is 17.9 Å². The van der Waals surface area contributed by atoms with Crippen LogP contribution >= 0.6 is 0 Å². The Morgan fingerprint density at radius 2 is 2.12 bits per heavy atom. The number of fused-ring (bicyclic) bond motifs is 1. The molecule has 2 aliphatic rings. The van der Waals surface area contributed by atoms with Crippen molar-refractivity contribution in [3.05, 3.63) is 44.9 Å². The maximum absolute atomic E-state index is 12.6. The van der Waals surface area contributed by atoms with Crippen LogP contribution in [0.4, 0.5) is 16.3 Å². The number of carbonyl (C=O) groups excluding carboxylic acids is 1. The van der Waals surface area contributed by atoms with Crippen molar-refractivity contribution in [1.29, 1.82) is 0 Å². The number of pyridine rings is 1. The molecular formula is C16H18N6O4. The van der Waals surface area contributed by atoms with Gasteiger partial charge in [0.05, 0.1) is 11.0 Å². The highest BCUT2D eigenvalue weighted by atomic mass is 16.6. The summed E-state index contributed by atoms with van der Waals surface area (Å²) in [5.41, 5.74) is -0.865. The second kappa shape index (κ2) is 6.28. The fraction of sp³-hybridized carbons (Fsp3) is 0.438. The lowest BCUT2D eigenvalue weighted by Gasteiger charge is -2.37. The Morgan fingerprint density at radius 1 is 1.27 bits per heavy atom. The van der Waals surface area contributed by atoms with Crippen LogP contribution in [-0.2, 0) is 0 Å². The monoisotopic (exact) mass is 358 g/mol. The van der Waals surface area contributed by atoms with Crippen LogP contribution in [0, 0.1) is 10.1 Å². The number of rotatable bonds is 3. The van der Waals surface area contributed by atoms with Gasteiger partial charge in [-0.2, -0.15) is 0 Å². The number of piperidine rings is 1. The number of nitrogens with zero attached hydrogens (tertiary/aromatic N) is 5. The normalized spacial score (nSPS) is 20.5. The van der Waals surface area contributed by atoms with E-state index >= 15 is 0 Å². The van der Waals surface area contributed by atoms with Crippen LogP contribution in [0.5, 0.6) is 0 Å². The van der Waals surface area contributed by atoms with E-state index in [1.807, 2.05) is 0 Å². The lowest BCUT2D eigenvalue weighted by molar-refractivity contribution is -0.385. The smallest absolute Gasteiger partial charge is 0.349 e. The Bertz CT molecular complexity index is 942. The first-order valence-electron chi connectivity index (χ1n) is 8.51. The number of aromatic nitrogens is 2. The van der Waals surface area contributed by atoms with Crippen molar-refractivity contribution in [3.8, 4) is 0 Å². The molecule has 4 rings (SSSR count). The minimum absolute atomic E-state index is 0.0538. The van der Waals surface area contributed by atoms with Gasteiger partial charge in [0.15, 0.2) is 0 Å². The van der Waals surface area contributed by atoms with Gasteiger partial charge < -0.3 is 15.1 Å². The molecule has 2 saturated heterocycles. The maximum Gasteiger partial charge on any atom is 0.376 e. The maximum atomic E-state index is 12.6. The SMILES string of the molecule is O=C1NCCN1[C@@H]1CCCN(c2nc3ccccn3c(=O)c2[N+](=O)[O-])C1. The van der Waals surface area contributed by atoms with Gasteiger partial charge in [0.25, 0.3) is 0 Å². The van der Waals surface area contributed by atoms with Gasteiger partial charge in [0.2, 0.25) is 5.82 Å². The third-order valence-corrected chi connectivity index (χ3v) is 4.90. The summed E-state index contributed by atoms with van der Waals surface area (Å²) in [6.45, 7) is 2.20. The average Bonchev–Trinajstić information content (AvgIpc) is 3.07. The summed E-state index contributed by atoms with van der Waals surface area (Å²) in [4.78, 5) is 43.3. The third kappa shape index (κ3) is 2.63. The van der Waals surface area contributed by atoms with Gasteiger partial charge in [-0.25, -0.2) is 9.78 Å². The van der Waals surface area contributed by atoms with E-state index in [9.17, 15) is 19.7 Å². The molecule has 2 aromatic heterocycles. The van der Waals surface area contributed by atoms with Crippen LogP contribution in [0.25, 0.3) is 5.65 Å². The number of nitro groups is 1. The summed E-state index contributed by atoms with van der Waals surface area (Å²) in [6.07, 6.45) is 3.06. The van der Waals surface area contributed by atoms with Gasteiger partial charge >= 0.3 is 17.3 Å². The molecule has 4 heterocycles. The summed E-state index contributed by atoms with van der Waals surface area (Å²) in [6, 6.07) is 4.83. The van der Waals surface area contributed by atoms with Crippen molar-refractivity contribution in [2.75, 3.05) is 31.1 Å². The Balaban J connectivity index is 1.75. The third-order valence-electron chi connectivity index (χ3n) is 4.90. The molecule has 26 heavy (non-hydrogen) atoms. The Hall–Kier alpha value is -3.17. The van der Waals surface area contributed by atoms with Crippen molar-refractivity contribution < 1.29 is 9.72 Å². The van der Waals surface area contributed by atoms with Gasteiger partial charge in [-0.05, 0) is 25.0 Å². The number of nitrogens with one attached hydrogen (secondary N) is 1. The van der Waals surface area contributed by atoms with Gasteiger partial charge in [-0.15, -0.1) is 0 Å². The minimum atomic E-state index is -0.698. The molecular weight excluding hydrogens is 340 g/mol. The molecule has 0 aliphatic carbocycles. The predicted octanol–water partition coefficient (Wildman–Crippen LogP) is 0.597. The highest BCUT2D eigenvalue weighted by Crippen LogP contribution is 2.27. The number of carbonyl (C=O) groups is 1. The first-order valence-corrected chi connectivity index (χ1v) is 8.51. The molecule has 10 nitrogen and oxygen atoms in total. The second-order valence-electron chi connectivity index (χ2n) is 6.44. The number of urea groups is 1. The fourth-order valence-electron chi connectivity index (χ4n) is 3.68. The molecule has 0 spiro atoms. The lowest BCUT2D eigenvalue weighted by Crippen LogP contribution is -2.49. The second-order valence-corrected chi connectivity index (χ2v) is 6.44. The molecule has 0 unspecified atom stereocenters. The van der Waals surface area contributed by atoms with Crippen LogP contribution in [0.15, 0.2) is 29.2 Å². The van der Waals surface area contributed by atoms with E-state index in [0.717, 1.165) is 12.8 Å². The molecule has 2 amide bonds. The Morgan fingerprint density at radius 3 is 2.85 bits per heavy atom. The van der Waals surface area contributed by atoms with E-state index < -0.39 is 16.2 Å². The predicted molar refractivity (Wildman–Crippen MR) is 93.5 cm³/mol. The lowest BCUT2D eigenvalue weighted by atomic mass is 10.0. The van der Waals surface area contributed by atoms with Gasteiger partial charge in [0, 0.05) is 32.4 Å². The molecule has 1 N–H and O–H groups in total. The molecule has 0 radical (unpaired) electrons. The van der Waals surface area contributed by atoms with Crippen molar-refractivity contribution >= 4 is 23.2 Å². The van der Waals surface area contributed by atoms with Gasteiger partial charge in [0.1, 0.15) is 5.65 Å². The fourth-order valence-corrected chi connectivity index (χ4v) is 3.68. The van der Waals surface area contributed by atoms with Crippen molar-refractivity contribution in [3.63, 3.8) is 0 Å². The number of amides is 2. The summed E-state index contributed by atoms with van der Waals surface area (Å²) < 4.78 is 1.18. The quantitative estimate of drug-likeness (QED) is 0.635. The van der Waals surface area contributed by atoms with E-state index in [0.29, 0.717) is 31.8 Å². The standard InChI is InChI=1S/C16H18N6O4/c23-15-13(22(25)26)14(18-12-5-1-2-8-21(12)15)19-7-3-4-11(10-19)20-9-6-17-16(20)24/h1-2,5,8,11H,3-4,6-7,9-10H2,(H,17,24)/t11-/m1/s1. The van der Waals surface area contributed by atoms with Crippen molar-refractivity contribution in [2.45, 2.75) is 18.9 Å². The molecule has 2 aromatic rings. The van der Waals surface area contributed by atoms with E-state index in [2.05, 4.69) is 10.3 Å². The Labute approximate surface area is 148 Å². The van der Waals surface area contributed by atoms with Crippen molar-refractivity contribution in [2.24, 2.45) is 0 Å². The minimum Gasteiger partial charge on any atom is -0.349 e. The van der Waals surface area contributed by atoms with E-state index in [4.69, 9.17) is 0 Å². The molecule has 2 aliphatic heterocycles. The number of hydrogen-bond acceptors (Lipinski definition) is 6. The summed E-state index contributed by atoms with van der Waals surface area (Å²) in [7, 11) is 0. The number of hydrogen-bond donors (Lipinski definition) is 1. The molecule has 2 fully saturated rings. The topological polar surface area (TPSA) is 113 Å².